The average Bonchev–Trinajstić information content (AvgIpc) is 3.20. The summed E-state index contributed by atoms with van der Waals surface area (Å²) in [5.74, 6) is 3.76. The first-order valence-electron chi connectivity index (χ1n) is 9.04. The van der Waals surface area contributed by atoms with Crippen molar-refractivity contribution in [2.24, 2.45) is 5.92 Å². The average molecular weight is 349 g/mol. The van der Waals surface area contributed by atoms with Crippen LogP contribution in [0.25, 0.3) is 10.8 Å². The smallest absolute Gasteiger partial charge is 0.260 e. The summed E-state index contributed by atoms with van der Waals surface area (Å²) in [5.41, 5.74) is 0. The number of nitrogens with zero attached hydrogens (tertiary/aromatic N) is 1. The van der Waals surface area contributed by atoms with Crippen molar-refractivity contribution < 1.29 is 13.9 Å². The highest BCUT2D eigenvalue weighted by Crippen LogP contribution is 2.47. The molecule has 2 atom stereocenters. The summed E-state index contributed by atoms with van der Waals surface area (Å²) in [6.45, 7) is 2.70. The summed E-state index contributed by atoms with van der Waals surface area (Å²) in [6.07, 6.45) is 1.20. The molecule has 4 rings (SSSR count). The molecular weight excluding hydrogens is 326 g/mol. The minimum atomic E-state index is -0.0732. The molecule has 1 aliphatic rings. The van der Waals surface area contributed by atoms with Crippen LogP contribution in [0.15, 0.2) is 59.0 Å². The molecule has 1 amide bonds. The van der Waals surface area contributed by atoms with E-state index in [-0.39, 0.29) is 12.5 Å². The molecule has 0 radical (unpaired) electrons. The van der Waals surface area contributed by atoms with Crippen LogP contribution in [0.2, 0.25) is 0 Å². The molecular formula is C22H23NO3. The van der Waals surface area contributed by atoms with Gasteiger partial charge in [-0.25, -0.2) is 0 Å². The lowest BCUT2D eigenvalue weighted by Crippen LogP contribution is -2.30. The number of ether oxygens (including phenoxy) is 1. The van der Waals surface area contributed by atoms with Crippen molar-refractivity contribution >= 4 is 16.7 Å². The Bertz CT molecular complexity index is 930. The summed E-state index contributed by atoms with van der Waals surface area (Å²) in [6, 6.07) is 17.9. The molecule has 26 heavy (non-hydrogen) atoms. The molecule has 1 aliphatic carbocycles. The number of rotatable bonds is 6. The van der Waals surface area contributed by atoms with Gasteiger partial charge in [-0.2, -0.15) is 0 Å². The van der Waals surface area contributed by atoms with Gasteiger partial charge in [0.15, 0.2) is 6.61 Å². The standard InChI is InChI=1S/C22H23NO3/c1-15-11-20(15)21-10-9-19(26-21)13-23(2)22(24)14-25-18-8-7-16-5-3-4-6-17(16)12-18/h3-10,12,15,20H,11,13-14H2,1-2H3/t15-,20-/m0/s1. The van der Waals surface area contributed by atoms with E-state index in [1.807, 2.05) is 48.5 Å². The Balaban J connectivity index is 1.32. The second kappa shape index (κ2) is 6.87. The van der Waals surface area contributed by atoms with Crippen molar-refractivity contribution in [3.05, 3.63) is 66.1 Å². The summed E-state index contributed by atoms with van der Waals surface area (Å²) in [5, 5.41) is 2.25. The number of carbonyl (C=O) groups excluding carboxylic acids is 1. The van der Waals surface area contributed by atoms with E-state index in [0.29, 0.717) is 24.1 Å². The first kappa shape index (κ1) is 16.7. The van der Waals surface area contributed by atoms with Crippen molar-refractivity contribution in [1.29, 1.82) is 0 Å². The number of fused-ring (bicyclic) bond motifs is 1. The van der Waals surface area contributed by atoms with E-state index in [1.165, 1.54) is 6.42 Å². The third-order valence-electron chi connectivity index (χ3n) is 5.06. The number of furan rings is 1. The number of benzene rings is 2. The molecule has 4 heteroatoms. The maximum atomic E-state index is 12.3. The molecule has 0 saturated heterocycles. The zero-order chi connectivity index (χ0) is 18.1. The van der Waals surface area contributed by atoms with E-state index in [9.17, 15) is 4.79 Å². The van der Waals surface area contributed by atoms with Gasteiger partial charge in [-0.1, -0.05) is 37.3 Å². The maximum Gasteiger partial charge on any atom is 0.260 e. The largest absolute Gasteiger partial charge is 0.484 e. The zero-order valence-electron chi connectivity index (χ0n) is 15.1. The Morgan fingerprint density at radius 2 is 1.92 bits per heavy atom. The highest BCUT2D eigenvalue weighted by Gasteiger charge is 2.36. The second-order valence-electron chi connectivity index (χ2n) is 7.17. The van der Waals surface area contributed by atoms with Crippen LogP contribution in [0.4, 0.5) is 0 Å². The Kier molecular flexibility index (Phi) is 4.41. The minimum absolute atomic E-state index is 0.0159. The van der Waals surface area contributed by atoms with Crippen LogP contribution >= 0.6 is 0 Å². The van der Waals surface area contributed by atoms with Crippen molar-refractivity contribution in [3.8, 4) is 5.75 Å². The normalized spacial score (nSPS) is 18.7. The molecule has 1 saturated carbocycles. The van der Waals surface area contributed by atoms with Crippen molar-refractivity contribution in [2.45, 2.75) is 25.8 Å². The Hall–Kier alpha value is -2.75. The van der Waals surface area contributed by atoms with E-state index in [2.05, 4.69) is 13.0 Å². The van der Waals surface area contributed by atoms with Crippen LogP contribution in [0.1, 0.15) is 30.8 Å². The molecule has 1 aromatic heterocycles. The lowest BCUT2D eigenvalue weighted by molar-refractivity contribution is -0.132. The second-order valence-corrected chi connectivity index (χ2v) is 7.17. The fraction of sp³-hybridized carbons (Fsp3) is 0.318. The molecule has 4 nitrogen and oxygen atoms in total. The SMILES string of the molecule is C[C@H]1C[C@@H]1c1ccc(CN(C)C(=O)COc2ccc3ccccc3c2)o1. The molecule has 0 spiro atoms. The number of hydrogen-bond acceptors (Lipinski definition) is 3. The first-order chi connectivity index (χ1) is 12.6. The van der Waals surface area contributed by atoms with Gasteiger partial charge in [-0.3, -0.25) is 4.79 Å². The van der Waals surface area contributed by atoms with Gasteiger partial charge in [-0.15, -0.1) is 0 Å². The Labute approximate surface area is 153 Å². The van der Waals surface area contributed by atoms with E-state index in [4.69, 9.17) is 9.15 Å². The Morgan fingerprint density at radius 3 is 2.69 bits per heavy atom. The molecule has 1 heterocycles. The number of carbonyl (C=O) groups is 1. The first-order valence-corrected chi connectivity index (χ1v) is 9.04. The highest BCUT2D eigenvalue weighted by atomic mass is 16.5. The molecule has 1 fully saturated rings. The summed E-state index contributed by atoms with van der Waals surface area (Å²) >= 11 is 0. The summed E-state index contributed by atoms with van der Waals surface area (Å²) in [4.78, 5) is 14.0. The van der Waals surface area contributed by atoms with Crippen molar-refractivity contribution in [3.63, 3.8) is 0 Å². The molecule has 134 valence electrons. The van der Waals surface area contributed by atoms with Crippen LogP contribution < -0.4 is 4.74 Å². The molecule has 3 aromatic rings. The third kappa shape index (κ3) is 3.59. The van der Waals surface area contributed by atoms with Gasteiger partial charge in [0, 0.05) is 13.0 Å². The van der Waals surface area contributed by atoms with Gasteiger partial charge >= 0.3 is 0 Å². The number of hydrogen-bond donors (Lipinski definition) is 0. The zero-order valence-corrected chi connectivity index (χ0v) is 15.1. The van der Waals surface area contributed by atoms with Crippen LogP contribution in [0.5, 0.6) is 5.75 Å². The van der Waals surface area contributed by atoms with Gasteiger partial charge in [-0.05, 0) is 47.4 Å². The van der Waals surface area contributed by atoms with Crippen molar-refractivity contribution in [1.82, 2.24) is 4.90 Å². The third-order valence-corrected chi connectivity index (χ3v) is 5.06. The van der Waals surface area contributed by atoms with E-state index < -0.39 is 0 Å². The van der Waals surface area contributed by atoms with E-state index >= 15 is 0 Å². The molecule has 0 unspecified atom stereocenters. The van der Waals surface area contributed by atoms with Gasteiger partial charge in [0.2, 0.25) is 0 Å². The van der Waals surface area contributed by atoms with Gasteiger partial charge < -0.3 is 14.1 Å². The predicted molar refractivity (Wildman–Crippen MR) is 101 cm³/mol. The lowest BCUT2D eigenvalue weighted by atomic mass is 10.1. The topological polar surface area (TPSA) is 42.7 Å². The highest BCUT2D eigenvalue weighted by molar-refractivity contribution is 5.84. The van der Waals surface area contributed by atoms with Crippen LogP contribution in [-0.2, 0) is 11.3 Å². The number of amides is 1. The van der Waals surface area contributed by atoms with Gasteiger partial charge in [0.25, 0.3) is 5.91 Å². The van der Waals surface area contributed by atoms with Crippen molar-refractivity contribution in [2.75, 3.05) is 13.7 Å². The maximum absolute atomic E-state index is 12.3. The quantitative estimate of drug-likeness (QED) is 0.653. The summed E-state index contributed by atoms with van der Waals surface area (Å²) in [7, 11) is 1.77. The lowest BCUT2D eigenvalue weighted by Gasteiger charge is -2.16. The fourth-order valence-electron chi connectivity index (χ4n) is 3.23. The van der Waals surface area contributed by atoms with Gasteiger partial charge in [0.05, 0.1) is 6.54 Å². The molecule has 0 aliphatic heterocycles. The number of likely N-dealkylation sites (N-methyl/N-ethyl adjacent to an activating group) is 1. The van der Waals surface area contributed by atoms with Crippen LogP contribution in [-0.4, -0.2) is 24.5 Å². The summed E-state index contributed by atoms with van der Waals surface area (Å²) < 4.78 is 11.6. The van der Waals surface area contributed by atoms with Crippen LogP contribution in [0, 0.1) is 5.92 Å². The minimum Gasteiger partial charge on any atom is -0.484 e. The van der Waals surface area contributed by atoms with E-state index in [1.54, 1.807) is 11.9 Å². The molecule has 0 N–H and O–H groups in total. The van der Waals surface area contributed by atoms with Crippen LogP contribution in [0.3, 0.4) is 0 Å². The monoisotopic (exact) mass is 349 g/mol. The Morgan fingerprint density at radius 1 is 1.15 bits per heavy atom. The van der Waals surface area contributed by atoms with Gasteiger partial charge in [0.1, 0.15) is 17.3 Å². The molecule has 2 aromatic carbocycles. The predicted octanol–water partition coefficient (Wildman–Crippen LogP) is 4.59. The van der Waals surface area contributed by atoms with E-state index in [0.717, 1.165) is 22.3 Å². The fourth-order valence-corrected chi connectivity index (χ4v) is 3.23. The molecule has 0 bridgehead atoms.